The van der Waals surface area contributed by atoms with Crippen molar-refractivity contribution in [2.24, 2.45) is 5.92 Å². The molecule has 2 heteroatoms. The molecule has 104 valence electrons. The van der Waals surface area contributed by atoms with Gasteiger partial charge in [-0.05, 0) is 11.1 Å². The minimum Gasteiger partial charge on any atom is -0.376 e. The van der Waals surface area contributed by atoms with Gasteiger partial charge in [-0.2, -0.15) is 0 Å². The van der Waals surface area contributed by atoms with Crippen molar-refractivity contribution >= 4 is 5.78 Å². The third-order valence-electron chi connectivity index (χ3n) is 3.25. The number of carbonyl (C=O) groups is 1. The maximum absolute atomic E-state index is 12.1. The Morgan fingerprint density at radius 3 is 2.10 bits per heavy atom. The van der Waals surface area contributed by atoms with Crippen LogP contribution >= 0.6 is 0 Å². The molecule has 0 bridgehead atoms. The average Bonchev–Trinajstić information content (AvgIpc) is 2.49. The Morgan fingerprint density at radius 2 is 1.50 bits per heavy atom. The van der Waals surface area contributed by atoms with Gasteiger partial charge < -0.3 is 4.74 Å². The van der Waals surface area contributed by atoms with Gasteiger partial charge in [0.25, 0.3) is 0 Å². The van der Waals surface area contributed by atoms with E-state index in [1.165, 1.54) is 0 Å². The molecule has 1 atom stereocenters. The van der Waals surface area contributed by atoms with E-state index in [0.29, 0.717) is 19.6 Å². The van der Waals surface area contributed by atoms with E-state index in [9.17, 15) is 4.79 Å². The lowest BCUT2D eigenvalue weighted by atomic mass is 10.0. The molecule has 0 aliphatic carbocycles. The van der Waals surface area contributed by atoms with E-state index < -0.39 is 0 Å². The van der Waals surface area contributed by atoms with Gasteiger partial charge in [-0.15, -0.1) is 0 Å². The van der Waals surface area contributed by atoms with Crippen molar-refractivity contribution in [3.8, 4) is 0 Å². The molecule has 2 aromatic rings. The summed E-state index contributed by atoms with van der Waals surface area (Å²) in [7, 11) is 0. The fraction of sp³-hybridized carbons (Fsp3) is 0.278. The summed E-state index contributed by atoms with van der Waals surface area (Å²) >= 11 is 0. The molecule has 0 aliphatic rings. The number of carbonyl (C=O) groups excluding carboxylic acids is 1. The molecule has 1 unspecified atom stereocenters. The number of Topliss-reactive ketones (excluding diaryl/α,β-unsaturated/α-hetero) is 1. The van der Waals surface area contributed by atoms with Crippen molar-refractivity contribution in [3.63, 3.8) is 0 Å². The lowest BCUT2D eigenvalue weighted by Gasteiger charge is -2.11. The molecule has 0 aliphatic heterocycles. The lowest BCUT2D eigenvalue weighted by molar-refractivity contribution is -0.123. The second-order valence-corrected chi connectivity index (χ2v) is 5.03. The quantitative estimate of drug-likeness (QED) is 0.766. The number of hydrogen-bond donors (Lipinski definition) is 0. The molecule has 0 radical (unpaired) electrons. The molecule has 0 saturated carbocycles. The number of ether oxygens (including phenoxy) is 1. The smallest absolute Gasteiger partial charge is 0.142 e. The van der Waals surface area contributed by atoms with Gasteiger partial charge in [0.15, 0.2) is 0 Å². The van der Waals surface area contributed by atoms with Crippen molar-refractivity contribution in [1.82, 2.24) is 0 Å². The summed E-state index contributed by atoms with van der Waals surface area (Å²) in [5.74, 6) is 0.156. The fourth-order valence-electron chi connectivity index (χ4n) is 1.99. The Morgan fingerprint density at radius 1 is 0.950 bits per heavy atom. The number of benzene rings is 2. The van der Waals surface area contributed by atoms with Crippen LogP contribution in [0.15, 0.2) is 60.7 Å². The molecule has 0 spiro atoms. The second-order valence-electron chi connectivity index (χ2n) is 5.03. The predicted octanol–water partition coefficient (Wildman–Crippen LogP) is 3.65. The Labute approximate surface area is 120 Å². The zero-order chi connectivity index (χ0) is 14.2. The van der Waals surface area contributed by atoms with Crippen molar-refractivity contribution in [2.75, 3.05) is 6.61 Å². The average molecular weight is 268 g/mol. The third-order valence-corrected chi connectivity index (χ3v) is 3.25. The van der Waals surface area contributed by atoms with Crippen molar-refractivity contribution in [1.29, 1.82) is 0 Å². The van der Waals surface area contributed by atoms with E-state index in [-0.39, 0.29) is 11.7 Å². The third kappa shape index (κ3) is 4.63. The minimum absolute atomic E-state index is 0.0704. The van der Waals surface area contributed by atoms with Crippen LogP contribution in [0.3, 0.4) is 0 Å². The van der Waals surface area contributed by atoms with Crippen LogP contribution in [0.2, 0.25) is 0 Å². The molecule has 0 heterocycles. The second kappa shape index (κ2) is 7.61. The Kier molecular flexibility index (Phi) is 5.51. The number of hydrogen-bond acceptors (Lipinski definition) is 2. The van der Waals surface area contributed by atoms with Gasteiger partial charge >= 0.3 is 0 Å². The van der Waals surface area contributed by atoms with Crippen LogP contribution in [0.4, 0.5) is 0 Å². The van der Waals surface area contributed by atoms with Crippen molar-refractivity contribution in [2.45, 2.75) is 20.0 Å². The van der Waals surface area contributed by atoms with E-state index in [4.69, 9.17) is 4.74 Å². The summed E-state index contributed by atoms with van der Waals surface area (Å²) in [5.41, 5.74) is 2.20. The summed E-state index contributed by atoms with van der Waals surface area (Å²) in [6.45, 7) is 2.96. The van der Waals surface area contributed by atoms with E-state index in [1.807, 2.05) is 67.6 Å². The topological polar surface area (TPSA) is 26.3 Å². The Bertz CT molecular complexity index is 520. The highest BCUT2D eigenvalue weighted by atomic mass is 16.5. The van der Waals surface area contributed by atoms with E-state index in [2.05, 4.69) is 0 Å². The molecule has 0 saturated heterocycles. The van der Waals surface area contributed by atoms with Gasteiger partial charge in [0.05, 0.1) is 13.2 Å². The highest BCUT2D eigenvalue weighted by molar-refractivity contribution is 5.83. The summed E-state index contributed by atoms with van der Waals surface area (Å²) in [6.07, 6.45) is 0.483. The molecule has 0 aromatic heterocycles. The largest absolute Gasteiger partial charge is 0.376 e. The van der Waals surface area contributed by atoms with Gasteiger partial charge in [-0.3, -0.25) is 4.79 Å². The van der Waals surface area contributed by atoms with E-state index in [0.717, 1.165) is 11.1 Å². The maximum Gasteiger partial charge on any atom is 0.142 e. The number of ketones is 1. The van der Waals surface area contributed by atoms with Crippen LogP contribution in [-0.2, 0) is 22.6 Å². The number of rotatable bonds is 7. The minimum atomic E-state index is -0.0704. The van der Waals surface area contributed by atoms with E-state index in [1.54, 1.807) is 0 Å². The van der Waals surface area contributed by atoms with Crippen LogP contribution in [0.1, 0.15) is 18.1 Å². The molecule has 0 N–H and O–H groups in total. The molecular formula is C18H20O2. The van der Waals surface area contributed by atoms with Gasteiger partial charge in [0.2, 0.25) is 0 Å². The first kappa shape index (κ1) is 14.5. The summed E-state index contributed by atoms with van der Waals surface area (Å²) in [4.78, 5) is 12.1. The first-order chi connectivity index (χ1) is 9.75. The molecular weight excluding hydrogens is 248 g/mol. The zero-order valence-electron chi connectivity index (χ0n) is 11.8. The zero-order valence-corrected chi connectivity index (χ0v) is 11.8. The van der Waals surface area contributed by atoms with Crippen LogP contribution < -0.4 is 0 Å². The van der Waals surface area contributed by atoms with Crippen molar-refractivity contribution < 1.29 is 9.53 Å². The standard InChI is InChI=1S/C18H20O2/c1-15(13-20-14-17-10-6-3-7-11-17)18(19)12-16-8-4-2-5-9-16/h2-11,15H,12-14H2,1H3. The molecule has 2 nitrogen and oxygen atoms in total. The Hall–Kier alpha value is -1.93. The molecule has 20 heavy (non-hydrogen) atoms. The van der Waals surface area contributed by atoms with Crippen molar-refractivity contribution in [3.05, 3.63) is 71.8 Å². The highest BCUT2D eigenvalue weighted by Crippen LogP contribution is 2.08. The fourth-order valence-corrected chi connectivity index (χ4v) is 1.99. The van der Waals surface area contributed by atoms with Gasteiger partial charge in [-0.25, -0.2) is 0 Å². The van der Waals surface area contributed by atoms with Gasteiger partial charge in [-0.1, -0.05) is 67.6 Å². The molecule has 2 aromatic carbocycles. The summed E-state index contributed by atoms with van der Waals surface area (Å²) in [6, 6.07) is 19.8. The van der Waals surface area contributed by atoms with Crippen LogP contribution in [0.25, 0.3) is 0 Å². The van der Waals surface area contributed by atoms with Crippen LogP contribution in [-0.4, -0.2) is 12.4 Å². The van der Waals surface area contributed by atoms with Gasteiger partial charge in [0.1, 0.15) is 5.78 Å². The highest BCUT2D eigenvalue weighted by Gasteiger charge is 2.13. The van der Waals surface area contributed by atoms with Crippen LogP contribution in [0.5, 0.6) is 0 Å². The summed E-state index contributed by atoms with van der Waals surface area (Å²) < 4.78 is 5.62. The first-order valence-corrected chi connectivity index (χ1v) is 6.94. The maximum atomic E-state index is 12.1. The normalized spacial score (nSPS) is 12.1. The van der Waals surface area contributed by atoms with Crippen LogP contribution in [0, 0.1) is 5.92 Å². The molecule has 0 amide bonds. The monoisotopic (exact) mass is 268 g/mol. The Balaban J connectivity index is 1.74. The summed E-state index contributed by atoms with van der Waals surface area (Å²) in [5, 5.41) is 0. The SMILES string of the molecule is CC(COCc1ccccc1)C(=O)Cc1ccccc1. The van der Waals surface area contributed by atoms with Gasteiger partial charge in [0, 0.05) is 12.3 Å². The van der Waals surface area contributed by atoms with E-state index >= 15 is 0 Å². The molecule has 2 rings (SSSR count). The predicted molar refractivity (Wildman–Crippen MR) is 80.4 cm³/mol. The first-order valence-electron chi connectivity index (χ1n) is 6.94. The molecule has 0 fully saturated rings. The lowest BCUT2D eigenvalue weighted by Crippen LogP contribution is -2.19.